The lowest BCUT2D eigenvalue weighted by Gasteiger charge is -2.12. The first kappa shape index (κ1) is 12.1. The number of carboxylic acids is 1. The largest absolute Gasteiger partial charge is 0.476 e. The van der Waals surface area contributed by atoms with E-state index in [1.807, 2.05) is 43.3 Å². The minimum absolute atomic E-state index is 0.0895. The third kappa shape index (κ3) is 2.48. The summed E-state index contributed by atoms with van der Waals surface area (Å²) in [5.74, 6) is -1.02. The van der Waals surface area contributed by atoms with Crippen molar-refractivity contribution in [1.29, 1.82) is 0 Å². The number of carboxylic acid groups (broad SMARTS) is 1. The summed E-state index contributed by atoms with van der Waals surface area (Å²) in [5, 5.41) is 16.3. The monoisotopic (exact) mass is 246 g/mol. The Kier molecular flexibility index (Phi) is 3.27. The fourth-order valence-electron chi connectivity index (χ4n) is 1.61. The van der Waals surface area contributed by atoms with Crippen LogP contribution in [0.2, 0.25) is 0 Å². The molecule has 0 aliphatic rings. The molecule has 2 aromatic rings. The molecule has 0 saturated heterocycles. The highest BCUT2D eigenvalue weighted by atomic mass is 16.4. The van der Waals surface area contributed by atoms with Gasteiger partial charge in [0.15, 0.2) is 5.69 Å². The Morgan fingerprint density at radius 1 is 1.33 bits per heavy atom. The summed E-state index contributed by atoms with van der Waals surface area (Å²) >= 11 is 0. The second kappa shape index (κ2) is 4.87. The maximum atomic E-state index is 10.9. The van der Waals surface area contributed by atoms with Gasteiger partial charge in [-0.1, -0.05) is 17.3 Å². The molecule has 0 bridgehead atoms. The molecule has 6 nitrogen and oxygen atoms in total. The first-order valence-electron chi connectivity index (χ1n) is 5.46. The third-order valence-electron chi connectivity index (χ3n) is 2.62. The van der Waals surface area contributed by atoms with Crippen LogP contribution in [-0.4, -0.2) is 40.2 Å². The molecule has 0 amide bonds. The van der Waals surface area contributed by atoms with Crippen molar-refractivity contribution in [3.8, 4) is 0 Å². The predicted octanol–water partition coefficient (Wildman–Crippen LogP) is 1.09. The maximum absolute atomic E-state index is 10.9. The Hall–Kier alpha value is -2.37. The van der Waals surface area contributed by atoms with Gasteiger partial charge in [0.25, 0.3) is 0 Å². The molecular formula is C12H14N4O2. The minimum Gasteiger partial charge on any atom is -0.476 e. The number of aromatic carboxylic acids is 1. The lowest BCUT2D eigenvalue weighted by Crippen LogP contribution is -2.11. The van der Waals surface area contributed by atoms with Gasteiger partial charge < -0.3 is 10.0 Å². The van der Waals surface area contributed by atoms with Crippen LogP contribution in [0.3, 0.4) is 0 Å². The molecule has 94 valence electrons. The Balaban J connectivity index is 2.18. The van der Waals surface area contributed by atoms with Crippen molar-refractivity contribution in [3.63, 3.8) is 0 Å². The second-order valence-corrected chi connectivity index (χ2v) is 4.14. The summed E-state index contributed by atoms with van der Waals surface area (Å²) < 4.78 is 1.37. The zero-order valence-corrected chi connectivity index (χ0v) is 10.2. The zero-order valence-electron chi connectivity index (χ0n) is 10.2. The SMILES string of the molecule is CN(C)c1ccc(Cn2nncc2C(=O)O)cc1. The van der Waals surface area contributed by atoms with Crippen molar-refractivity contribution >= 4 is 11.7 Å². The number of anilines is 1. The van der Waals surface area contributed by atoms with Crippen molar-refractivity contribution in [2.24, 2.45) is 0 Å². The van der Waals surface area contributed by atoms with E-state index in [0.29, 0.717) is 6.54 Å². The van der Waals surface area contributed by atoms with E-state index < -0.39 is 5.97 Å². The van der Waals surface area contributed by atoms with Crippen LogP contribution in [0.5, 0.6) is 0 Å². The topological polar surface area (TPSA) is 71.2 Å². The maximum Gasteiger partial charge on any atom is 0.355 e. The summed E-state index contributed by atoms with van der Waals surface area (Å²) in [6.45, 7) is 0.398. The molecule has 0 atom stereocenters. The van der Waals surface area contributed by atoms with Crippen molar-refractivity contribution in [3.05, 3.63) is 41.7 Å². The number of rotatable bonds is 4. The van der Waals surface area contributed by atoms with Gasteiger partial charge in [0.1, 0.15) is 0 Å². The van der Waals surface area contributed by atoms with E-state index in [2.05, 4.69) is 10.3 Å². The van der Waals surface area contributed by atoms with Gasteiger partial charge >= 0.3 is 5.97 Å². The Labute approximate surface area is 104 Å². The average Bonchev–Trinajstić information content (AvgIpc) is 2.78. The number of aromatic nitrogens is 3. The van der Waals surface area contributed by atoms with Crippen LogP contribution >= 0.6 is 0 Å². The van der Waals surface area contributed by atoms with Gasteiger partial charge in [0, 0.05) is 19.8 Å². The van der Waals surface area contributed by atoms with Crippen LogP contribution in [0.4, 0.5) is 5.69 Å². The normalized spacial score (nSPS) is 10.3. The highest BCUT2D eigenvalue weighted by Crippen LogP contribution is 2.13. The first-order chi connectivity index (χ1) is 8.58. The lowest BCUT2D eigenvalue weighted by atomic mass is 10.2. The molecule has 1 heterocycles. The first-order valence-corrected chi connectivity index (χ1v) is 5.46. The van der Waals surface area contributed by atoms with Gasteiger partial charge in [-0.2, -0.15) is 0 Å². The second-order valence-electron chi connectivity index (χ2n) is 4.14. The molecular weight excluding hydrogens is 232 g/mol. The average molecular weight is 246 g/mol. The number of carbonyl (C=O) groups is 1. The van der Waals surface area contributed by atoms with Crippen LogP contribution in [-0.2, 0) is 6.54 Å². The zero-order chi connectivity index (χ0) is 13.1. The van der Waals surface area contributed by atoms with Gasteiger partial charge in [-0.05, 0) is 17.7 Å². The highest BCUT2D eigenvalue weighted by Gasteiger charge is 2.11. The van der Waals surface area contributed by atoms with Crippen LogP contribution in [0.1, 0.15) is 16.1 Å². The molecule has 0 saturated carbocycles. The fraction of sp³-hybridized carbons (Fsp3) is 0.250. The van der Waals surface area contributed by atoms with E-state index in [0.717, 1.165) is 11.3 Å². The van der Waals surface area contributed by atoms with E-state index in [1.54, 1.807) is 0 Å². The smallest absolute Gasteiger partial charge is 0.355 e. The van der Waals surface area contributed by atoms with Gasteiger partial charge in [-0.15, -0.1) is 5.10 Å². The van der Waals surface area contributed by atoms with Crippen LogP contribution in [0.25, 0.3) is 0 Å². The molecule has 0 aliphatic heterocycles. The summed E-state index contributed by atoms with van der Waals surface area (Å²) in [5.41, 5.74) is 2.16. The standard InChI is InChI=1S/C12H14N4O2/c1-15(2)10-5-3-9(4-6-10)8-16-11(12(17)18)7-13-14-16/h3-7H,8H2,1-2H3,(H,17,18). The molecule has 0 aliphatic carbocycles. The van der Waals surface area contributed by atoms with Gasteiger partial charge in [-0.25, -0.2) is 9.48 Å². The van der Waals surface area contributed by atoms with Gasteiger partial charge in [0.05, 0.1) is 12.7 Å². The molecule has 0 spiro atoms. The van der Waals surface area contributed by atoms with Crippen molar-refractivity contribution in [2.45, 2.75) is 6.54 Å². The van der Waals surface area contributed by atoms with Crippen LogP contribution in [0.15, 0.2) is 30.5 Å². The summed E-state index contributed by atoms with van der Waals surface area (Å²) in [7, 11) is 3.93. The molecule has 0 radical (unpaired) electrons. The Morgan fingerprint density at radius 3 is 2.56 bits per heavy atom. The molecule has 1 aromatic carbocycles. The van der Waals surface area contributed by atoms with E-state index in [4.69, 9.17) is 5.11 Å². The number of hydrogen-bond acceptors (Lipinski definition) is 4. The van der Waals surface area contributed by atoms with E-state index in [-0.39, 0.29) is 5.69 Å². The number of benzene rings is 1. The molecule has 6 heteroatoms. The minimum atomic E-state index is -1.02. The number of hydrogen-bond donors (Lipinski definition) is 1. The Bertz CT molecular complexity index is 545. The van der Waals surface area contributed by atoms with E-state index >= 15 is 0 Å². The molecule has 0 unspecified atom stereocenters. The quantitative estimate of drug-likeness (QED) is 0.874. The van der Waals surface area contributed by atoms with Crippen LogP contribution in [0, 0.1) is 0 Å². The Morgan fingerprint density at radius 2 is 2.00 bits per heavy atom. The molecule has 1 N–H and O–H groups in total. The predicted molar refractivity (Wildman–Crippen MR) is 66.9 cm³/mol. The fourth-order valence-corrected chi connectivity index (χ4v) is 1.61. The van der Waals surface area contributed by atoms with E-state index in [9.17, 15) is 4.79 Å². The van der Waals surface area contributed by atoms with Crippen molar-refractivity contribution in [1.82, 2.24) is 15.0 Å². The number of nitrogens with zero attached hydrogens (tertiary/aromatic N) is 4. The third-order valence-corrected chi connectivity index (χ3v) is 2.62. The molecule has 0 fully saturated rings. The van der Waals surface area contributed by atoms with Crippen molar-refractivity contribution in [2.75, 3.05) is 19.0 Å². The van der Waals surface area contributed by atoms with Crippen molar-refractivity contribution < 1.29 is 9.90 Å². The summed E-state index contributed by atoms with van der Waals surface area (Å²) in [6, 6.07) is 7.85. The molecule has 2 rings (SSSR count). The van der Waals surface area contributed by atoms with Gasteiger partial charge in [-0.3, -0.25) is 0 Å². The molecule has 1 aromatic heterocycles. The molecule has 18 heavy (non-hydrogen) atoms. The summed E-state index contributed by atoms with van der Waals surface area (Å²) in [4.78, 5) is 12.9. The van der Waals surface area contributed by atoms with Crippen LogP contribution < -0.4 is 4.90 Å². The van der Waals surface area contributed by atoms with E-state index in [1.165, 1.54) is 10.9 Å². The highest BCUT2D eigenvalue weighted by molar-refractivity contribution is 5.85. The van der Waals surface area contributed by atoms with Gasteiger partial charge in [0.2, 0.25) is 0 Å². The lowest BCUT2D eigenvalue weighted by molar-refractivity contribution is 0.0684. The summed E-state index contributed by atoms with van der Waals surface area (Å²) in [6.07, 6.45) is 1.25.